The summed E-state index contributed by atoms with van der Waals surface area (Å²) < 4.78 is 13.5. The monoisotopic (exact) mass is 357 g/mol. The van der Waals surface area contributed by atoms with E-state index in [0.29, 0.717) is 15.7 Å². The van der Waals surface area contributed by atoms with Crippen LogP contribution in [0.4, 0.5) is 4.39 Å². The van der Waals surface area contributed by atoms with Gasteiger partial charge >= 0.3 is 5.97 Å². The lowest BCUT2D eigenvalue weighted by molar-refractivity contribution is -0.138. The van der Waals surface area contributed by atoms with Crippen molar-refractivity contribution in [1.82, 2.24) is 4.98 Å². The summed E-state index contributed by atoms with van der Waals surface area (Å²) >= 11 is 9.27. The third-order valence-electron chi connectivity index (χ3n) is 2.82. The molecule has 0 aliphatic carbocycles. The summed E-state index contributed by atoms with van der Waals surface area (Å²) in [6, 6.07) is 7.30. The van der Waals surface area contributed by atoms with Gasteiger partial charge in [0.1, 0.15) is 11.7 Å². The van der Waals surface area contributed by atoms with E-state index in [1.807, 2.05) is 0 Å². The van der Waals surface area contributed by atoms with Gasteiger partial charge in [-0.25, -0.2) is 4.39 Å². The maximum Gasteiger partial charge on any atom is 0.312 e. The van der Waals surface area contributed by atoms with Crippen LogP contribution in [0.5, 0.6) is 0 Å². The van der Waals surface area contributed by atoms with Crippen molar-refractivity contribution in [2.24, 2.45) is 0 Å². The van der Waals surface area contributed by atoms with Crippen molar-refractivity contribution in [3.63, 3.8) is 0 Å². The van der Waals surface area contributed by atoms with E-state index in [9.17, 15) is 14.3 Å². The largest absolute Gasteiger partial charge is 0.481 e. The number of benzene rings is 1. The van der Waals surface area contributed by atoms with Crippen molar-refractivity contribution in [3.8, 4) is 0 Å². The third kappa shape index (κ3) is 3.55. The summed E-state index contributed by atoms with van der Waals surface area (Å²) in [7, 11) is 0. The molecule has 0 saturated heterocycles. The molecule has 0 bridgehead atoms. The van der Waals surface area contributed by atoms with Gasteiger partial charge in [0.15, 0.2) is 0 Å². The van der Waals surface area contributed by atoms with Crippen molar-refractivity contribution in [1.29, 1.82) is 0 Å². The molecule has 3 nitrogen and oxygen atoms in total. The molecule has 0 aliphatic heterocycles. The molecular weight excluding hydrogens is 349 g/mol. The second-order valence-corrected chi connectivity index (χ2v) is 5.56. The van der Waals surface area contributed by atoms with Gasteiger partial charge < -0.3 is 5.11 Å². The molecule has 1 N–H and O–H groups in total. The zero-order chi connectivity index (χ0) is 14.7. The molecule has 1 aromatic carbocycles. The van der Waals surface area contributed by atoms with Gasteiger partial charge in [-0.1, -0.05) is 23.7 Å². The average molecular weight is 359 g/mol. The van der Waals surface area contributed by atoms with E-state index in [0.717, 1.165) is 0 Å². The van der Waals surface area contributed by atoms with Crippen molar-refractivity contribution >= 4 is 33.5 Å². The Hall–Kier alpha value is -1.46. The van der Waals surface area contributed by atoms with E-state index in [2.05, 4.69) is 20.9 Å². The second-order valence-electron chi connectivity index (χ2n) is 4.24. The summed E-state index contributed by atoms with van der Waals surface area (Å²) in [6.07, 6.45) is 1.70. The number of halogens is 3. The van der Waals surface area contributed by atoms with Gasteiger partial charge in [0.05, 0.1) is 10.7 Å². The van der Waals surface area contributed by atoms with E-state index in [1.54, 1.807) is 18.2 Å². The Morgan fingerprint density at radius 1 is 1.40 bits per heavy atom. The first kappa shape index (κ1) is 14.9. The lowest BCUT2D eigenvalue weighted by Crippen LogP contribution is -2.16. The van der Waals surface area contributed by atoms with E-state index in [1.165, 1.54) is 18.3 Å². The minimum atomic E-state index is -1.02. The first-order valence-corrected chi connectivity index (χ1v) is 6.92. The Labute approximate surface area is 128 Å². The van der Waals surface area contributed by atoms with Crippen molar-refractivity contribution in [2.45, 2.75) is 12.3 Å². The second kappa shape index (κ2) is 6.33. The third-order valence-corrected chi connectivity index (χ3v) is 3.55. The summed E-state index contributed by atoms with van der Waals surface area (Å²) in [5.74, 6) is -2.26. The Morgan fingerprint density at radius 2 is 2.05 bits per heavy atom. The van der Waals surface area contributed by atoms with Gasteiger partial charge in [0, 0.05) is 10.7 Å². The molecule has 0 spiro atoms. The molecule has 1 atom stereocenters. The predicted octanol–water partition coefficient (Wildman–Crippen LogP) is 4.05. The molecular formula is C14H10BrClFNO2. The zero-order valence-electron chi connectivity index (χ0n) is 10.2. The number of hydrogen-bond donors (Lipinski definition) is 1. The number of rotatable bonds is 4. The Bertz CT molecular complexity index is 634. The van der Waals surface area contributed by atoms with Crippen LogP contribution in [0.1, 0.15) is 17.2 Å². The molecule has 20 heavy (non-hydrogen) atoms. The maximum atomic E-state index is 12.9. The van der Waals surface area contributed by atoms with Crippen molar-refractivity contribution in [3.05, 3.63) is 63.1 Å². The van der Waals surface area contributed by atoms with Gasteiger partial charge in [-0.2, -0.15) is 0 Å². The summed E-state index contributed by atoms with van der Waals surface area (Å²) in [5, 5.41) is 9.64. The molecule has 2 rings (SSSR count). The Balaban J connectivity index is 2.31. The van der Waals surface area contributed by atoms with Crippen LogP contribution in [0.2, 0.25) is 5.02 Å². The van der Waals surface area contributed by atoms with Gasteiger partial charge in [0.25, 0.3) is 0 Å². The fourth-order valence-corrected chi connectivity index (χ4v) is 2.60. The number of carboxylic acid groups (broad SMARTS) is 1. The van der Waals surface area contributed by atoms with Crippen molar-refractivity contribution < 1.29 is 14.3 Å². The minimum absolute atomic E-state index is 0.198. The SMILES string of the molecule is O=C(O)C(Cc1ccc(F)cc1)c1ncc(Br)cc1Cl. The highest BCUT2D eigenvalue weighted by Gasteiger charge is 2.24. The molecule has 6 heteroatoms. The topological polar surface area (TPSA) is 50.2 Å². The van der Waals surface area contributed by atoms with Crippen LogP contribution in [0.3, 0.4) is 0 Å². The lowest BCUT2D eigenvalue weighted by atomic mass is 9.95. The molecule has 2 aromatic rings. The molecule has 0 aliphatic rings. The zero-order valence-corrected chi connectivity index (χ0v) is 12.5. The van der Waals surface area contributed by atoms with Gasteiger partial charge in [-0.05, 0) is 46.1 Å². The minimum Gasteiger partial charge on any atom is -0.481 e. The number of aliphatic carboxylic acids is 1. The Kier molecular flexibility index (Phi) is 4.73. The molecule has 1 aromatic heterocycles. The lowest BCUT2D eigenvalue weighted by Gasteiger charge is -2.13. The Morgan fingerprint density at radius 3 is 2.60 bits per heavy atom. The number of hydrogen-bond acceptors (Lipinski definition) is 2. The highest BCUT2D eigenvalue weighted by atomic mass is 79.9. The van der Waals surface area contributed by atoms with Crippen LogP contribution in [0, 0.1) is 5.82 Å². The summed E-state index contributed by atoms with van der Waals surface area (Å²) in [5.41, 5.74) is 1.01. The standard InChI is InChI=1S/C14H10BrClFNO2/c15-9-6-12(16)13(18-7-9)11(14(19)20)5-8-1-3-10(17)4-2-8/h1-4,6-7,11H,5H2,(H,19,20). The highest BCUT2D eigenvalue weighted by molar-refractivity contribution is 9.10. The molecule has 1 heterocycles. The summed E-state index contributed by atoms with van der Waals surface area (Å²) in [4.78, 5) is 15.5. The van der Waals surface area contributed by atoms with Crippen LogP contribution in [-0.2, 0) is 11.2 Å². The molecule has 0 amide bonds. The normalized spacial score (nSPS) is 12.2. The van der Waals surface area contributed by atoms with Crippen LogP contribution in [-0.4, -0.2) is 16.1 Å². The fourth-order valence-electron chi connectivity index (χ4n) is 1.84. The van der Waals surface area contributed by atoms with Crippen LogP contribution in [0.15, 0.2) is 41.0 Å². The van der Waals surface area contributed by atoms with E-state index in [4.69, 9.17) is 11.6 Å². The first-order chi connectivity index (χ1) is 9.47. The number of carbonyl (C=O) groups is 1. The quantitative estimate of drug-likeness (QED) is 0.897. The maximum absolute atomic E-state index is 12.9. The van der Waals surface area contributed by atoms with Gasteiger partial charge in [0.2, 0.25) is 0 Å². The molecule has 0 radical (unpaired) electrons. The van der Waals surface area contributed by atoms with Crippen LogP contribution in [0.25, 0.3) is 0 Å². The summed E-state index contributed by atoms with van der Waals surface area (Å²) in [6.45, 7) is 0. The van der Waals surface area contributed by atoms with Crippen LogP contribution < -0.4 is 0 Å². The van der Waals surface area contributed by atoms with E-state index in [-0.39, 0.29) is 17.3 Å². The number of carboxylic acids is 1. The van der Waals surface area contributed by atoms with Crippen molar-refractivity contribution in [2.75, 3.05) is 0 Å². The number of nitrogens with zero attached hydrogens (tertiary/aromatic N) is 1. The predicted molar refractivity (Wildman–Crippen MR) is 77.4 cm³/mol. The molecule has 104 valence electrons. The molecule has 0 saturated carbocycles. The first-order valence-electron chi connectivity index (χ1n) is 5.75. The smallest absolute Gasteiger partial charge is 0.312 e. The van der Waals surface area contributed by atoms with Crippen LogP contribution >= 0.6 is 27.5 Å². The van der Waals surface area contributed by atoms with Gasteiger partial charge in [-0.15, -0.1) is 0 Å². The molecule has 1 unspecified atom stereocenters. The number of pyridine rings is 1. The van der Waals surface area contributed by atoms with E-state index < -0.39 is 11.9 Å². The number of aromatic nitrogens is 1. The highest BCUT2D eigenvalue weighted by Crippen LogP contribution is 2.28. The average Bonchev–Trinajstić information content (AvgIpc) is 2.39. The van der Waals surface area contributed by atoms with Gasteiger partial charge in [-0.3, -0.25) is 9.78 Å². The molecule has 0 fully saturated rings. The van der Waals surface area contributed by atoms with E-state index >= 15 is 0 Å². The fraction of sp³-hybridized carbons (Fsp3) is 0.143.